The highest BCUT2D eigenvalue weighted by Crippen LogP contribution is 2.31. The Labute approximate surface area is 119 Å². The highest BCUT2D eigenvalue weighted by atomic mass is 19.4. The number of carbonyl (C=O) groups excluding carboxylic acids is 1. The van der Waals surface area contributed by atoms with Crippen LogP contribution in [-0.2, 0) is 11.0 Å². The van der Waals surface area contributed by atoms with E-state index in [2.05, 4.69) is 10.6 Å². The number of amides is 1. The zero-order valence-corrected chi connectivity index (χ0v) is 11.1. The van der Waals surface area contributed by atoms with Gasteiger partial charge in [-0.2, -0.15) is 13.2 Å². The number of carbonyl (C=O) groups is 1. The molecule has 1 fully saturated rings. The highest BCUT2D eigenvalue weighted by molar-refractivity contribution is 5.81. The van der Waals surface area contributed by atoms with Crippen LogP contribution in [0.2, 0.25) is 0 Å². The van der Waals surface area contributed by atoms with Crippen LogP contribution in [0.25, 0.3) is 0 Å². The molecule has 1 aliphatic rings. The molecular weight excluding hydrogens is 290 g/mol. The van der Waals surface area contributed by atoms with Gasteiger partial charge in [0.1, 0.15) is 5.82 Å². The van der Waals surface area contributed by atoms with Gasteiger partial charge in [0.25, 0.3) is 0 Å². The number of hydrogen-bond acceptors (Lipinski definition) is 3. The first-order valence-electron chi connectivity index (χ1n) is 6.47. The average molecular weight is 305 g/mol. The number of nitrogens with zero attached hydrogens (tertiary/aromatic N) is 1. The van der Waals surface area contributed by atoms with Crippen molar-refractivity contribution in [3.8, 4) is 0 Å². The fourth-order valence-electron chi connectivity index (χ4n) is 2.03. The van der Waals surface area contributed by atoms with E-state index in [-0.39, 0.29) is 18.1 Å². The van der Waals surface area contributed by atoms with Crippen molar-refractivity contribution in [3.63, 3.8) is 0 Å². The number of halogens is 4. The van der Waals surface area contributed by atoms with Crippen LogP contribution < -0.4 is 10.6 Å². The molecule has 1 amide bonds. The van der Waals surface area contributed by atoms with Gasteiger partial charge < -0.3 is 15.5 Å². The van der Waals surface area contributed by atoms with Crippen LogP contribution in [0.3, 0.4) is 0 Å². The SMILES string of the molecule is O=C(CNc1ccc(C(F)(F)F)cc1F)N1CCNCC1. The summed E-state index contributed by atoms with van der Waals surface area (Å²) in [7, 11) is 0. The largest absolute Gasteiger partial charge is 0.416 e. The molecule has 0 spiro atoms. The third-order valence-corrected chi connectivity index (χ3v) is 3.20. The first kappa shape index (κ1) is 15.6. The summed E-state index contributed by atoms with van der Waals surface area (Å²) >= 11 is 0. The predicted octanol–water partition coefficient (Wildman–Crippen LogP) is 1.69. The van der Waals surface area contributed by atoms with Gasteiger partial charge in [0.2, 0.25) is 5.91 Å². The summed E-state index contributed by atoms with van der Waals surface area (Å²) in [4.78, 5) is 13.5. The van der Waals surface area contributed by atoms with Crippen molar-refractivity contribution in [2.45, 2.75) is 6.18 Å². The molecule has 4 nitrogen and oxygen atoms in total. The quantitative estimate of drug-likeness (QED) is 0.835. The maximum Gasteiger partial charge on any atom is 0.416 e. The number of rotatable bonds is 3. The zero-order valence-electron chi connectivity index (χ0n) is 11.1. The summed E-state index contributed by atoms with van der Waals surface area (Å²) in [6, 6.07) is 2.18. The average Bonchev–Trinajstić information content (AvgIpc) is 2.45. The molecule has 1 aromatic rings. The Kier molecular flexibility index (Phi) is 4.66. The lowest BCUT2D eigenvalue weighted by Gasteiger charge is -2.27. The molecule has 2 N–H and O–H groups in total. The maximum absolute atomic E-state index is 13.6. The Morgan fingerprint density at radius 1 is 1.29 bits per heavy atom. The molecule has 8 heteroatoms. The van der Waals surface area contributed by atoms with Crippen LogP contribution in [0.5, 0.6) is 0 Å². The topological polar surface area (TPSA) is 44.4 Å². The predicted molar refractivity (Wildman–Crippen MR) is 69.3 cm³/mol. The molecule has 2 rings (SSSR count). The van der Waals surface area contributed by atoms with E-state index >= 15 is 0 Å². The lowest BCUT2D eigenvalue weighted by Crippen LogP contribution is -2.48. The van der Waals surface area contributed by atoms with Crippen molar-refractivity contribution >= 4 is 11.6 Å². The Morgan fingerprint density at radius 3 is 2.52 bits per heavy atom. The van der Waals surface area contributed by atoms with Gasteiger partial charge in [0.05, 0.1) is 17.8 Å². The van der Waals surface area contributed by atoms with Gasteiger partial charge in [-0.05, 0) is 18.2 Å². The normalized spacial score (nSPS) is 15.9. The van der Waals surface area contributed by atoms with Crippen molar-refractivity contribution in [1.29, 1.82) is 0 Å². The second-order valence-electron chi connectivity index (χ2n) is 4.68. The minimum atomic E-state index is -4.59. The maximum atomic E-state index is 13.6. The molecule has 21 heavy (non-hydrogen) atoms. The summed E-state index contributed by atoms with van der Waals surface area (Å²) in [5, 5.41) is 5.63. The summed E-state index contributed by atoms with van der Waals surface area (Å²) < 4.78 is 50.8. The van der Waals surface area contributed by atoms with Crippen LogP contribution in [0.15, 0.2) is 18.2 Å². The third-order valence-electron chi connectivity index (χ3n) is 3.20. The minimum Gasteiger partial charge on any atom is -0.374 e. The molecule has 116 valence electrons. The highest BCUT2D eigenvalue weighted by Gasteiger charge is 2.31. The summed E-state index contributed by atoms with van der Waals surface area (Å²) in [6.45, 7) is 2.37. The van der Waals surface area contributed by atoms with Crippen molar-refractivity contribution < 1.29 is 22.4 Å². The molecule has 0 atom stereocenters. The van der Waals surface area contributed by atoms with E-state index < -0.39 is 17.6 Å². The summed E-state index contributed by atoms with van der Waals surface area (Å²) in [5.41, 5.74) is -1.18. The van der Waals surface area contributed by atoms with Gasteiger partial charge in [-0.3, -0.25) is 4.79 Å². The van der Waals surface area contributed by atoms with Crippen LogP contribution >= 0.6 is 0 Å². The van der Waals surface area contributed by atoms with E-state index in [1.807, 2.05) is 0 Å². The van der Waals surface area contributed by atoms with Crippen LogP contribution in [0, 0.1) is 5.82 Å². The molecule has 0 unspecified atom stereocenters. The molecule has 1 aliphatic heterocycles. The smallest absolute Gasteiger partial charge is 0.374 e. The Hall–Kier alpha value is -1.83. The number of anilines is 1. The molecule has 0 radical (unpaired) electrons. The summed E-state index contributed by atoms with van der Waals surface area (Å²) in [5.74, 6) is -1.24. The second kappa shape index (κ2) is 6.30. The van der Waals surface area contributed by atoms with E-state index in [1.54, 1.807) is 4.90 Å². The number of hydrogen-bond donors (Lipinski definition) is 2. The molecule has 1 heterocycles. The van der Waals surface area contributed by atoms with E-state index in [1.165, 1.54) is 0 Å². The number of nitrogens with one attached hydrogen (secondary N) is 2. The van der Waals surface area contributed by atoms with Crippen LogP contribution in [-0.4, -0.2) is 43.5 Å². The molecule has 0 saturated carbocycles. The van der Waals surface area contributed by atoms with Crippen LogP contribution in [0.4, 0.5) is 23.2 Å². The monoisotopic (exact) mass is 305 g/mol. The zero-order chi connectivity index (χ0) is 15.5. The molecule has 0 aromatic heterocycles. The molecule has 0 aliphatic carbocycles. The van der Waals surface area contributed by atoms with Crippen molar-refractivity contribution in [2.24, 2.45) is 0 Å². The van der Waals surface area contributed by atoms with E-state index in [0.717, 1.165) is 12.1 Å². The van der Waals surface area contributed by atoms with E-state index in [9.17, 15) is 22.4 Å². The van der Waals surface area contributed by atoms with E-state index in [4.69, 9.17) is 0 Å². The fraction of sp³-hybridized carbons (Fsp3) is 0.462. The number of piperazine rings is 1. The van der Waals surface area contributed by atoms with Crippen molar-refractivity contribution in [1.82, 2.24) is 10.2 Å². The van der Waals surface area contributed by atoms with Crippen LogP contribution in [0.1, 0.15) is 5.56 Å². The lowest BCUT2D eigenvalue weighted by molar-refractivity contribution is -0.137. The van der Waals surface area contributed by atoms with Crippen molar-refractivity contribution in [2.75, 3.05) is 38.0 Å². The Morgan fingerprint density at radius 2 is 1.95 bits per heavy atom. The standard InChI is InChI=1S/C13H15F4N3O/c14-10-7-9(13(15,16)17)1-2-11(10)19-8-12(21)20-5-3-18-4-6-20/h1-2,7,18-19H,3-6,8H2. The summed E-state index contributed by atoms with van der Waals surface area (Å²) in [6.07, 6.45) is -4.59. The van der Waals surface area contributed by atoms with Gasteiger partial charge in [-0.1, -0.05) is 0 Å². The molecule has 1 saturated heterocycles. The number of benzene rings is 1. The minimum absolute atomic E-state index is 0.119. The Balaban J connectivity index is 1.95. The van der Waals surface area contributed by atoms with Crippen molar-refractivity contribution in [3.05, 3.63) is 29.6 Å². The molecular formula is C13H15F4N3O. The van der Waals surface area contributed by atoms with Gasteiger partial charge in [0, 0.05) is 26.2 Å². The number of alkyl halides is 3. The van der Waals surface area contributed by atoms with E-state index in [0.29, 0.717) is 32.2 Å². The first-order valence-corrected chi connectivity index (χ1v) is 6.47. The fourth-order valence-corrected chi connectivity index (χ4v) is 2.03. The Bertz CT molecular complexity index is 513. The molecule has 1 aromatic carbocycles. The van der Waals surface area contributed by atoms with Gasteiger partial charge >= 0.3 is 6.18 Å². The lowest BCUT2D eigenvalue weighted by atomic mass is 10.2. The molecule has 0 bridgehead atoms. The van der Waals surface area contributed by atoms with Gasteiger partial charge in [0.15, 0.2) is 0 Å². The van der Waals surface area contributed by atoms with Gasteiger partial charge in [-0.15, -0.1) is 0 Å². The first-order chi connectivity index (χ1) is 9.88. The third kappa shape index (κ3) is 4.07. The van der Waals surface area contributed by atoms with Gasteiger partial charge in [-0.25, -0.2) is 4.39 Å². The second-order valence-corrected chi connectivity index (χ2v) is 4.68.